The summed E-state index contributed by atoms with van der Waals surface area (Å²) in [6.45, 7) is 6.57. The van der Waals surface area contributed by atoms with E-state index in [-0.39, 0.29) is 12.6 Å². The van der Waals surface area contributed by atoms with E-state index < -0.39 is 17.1 Å². The zero-order valence-corrected chi connectivity index (χ0v) is 21.1. The van der Waals surface area contributed by atoms with Gasteiger partial charge in [0.15, 0.2) is 0 Å². The van der Waals surface area contributed by atoms with Crippen molar-refractivity contribution in [2.45, 2.75) is 19.9 Å². The van der Waals surface area contributed by atoms with E-state index in [1.807, 2.05) is 54.7 Å². The van der Waals surface area contributed by atoms with Crippen molar-refractivity contribution in [2.75, 3.05) is 43.1 Å². The SMILES string of the molecule is CC(C)n1cc(/C=C2/SC(=O)N(CC(=O)Nc3ccccc3N3CCOCC3)C2=O)c2ccccc21. The lowest BCUT2D eigenvalue weighted by Crippen LogP contribution is -2.38. The van der Waals surface area contributed by atoms with E-state index in [9.17, 15) is 14.4 Å². The number of para-hydroxylation sites is 3. The summed E-state index contributed by atoms with van der Waals surface area (Å²) in [5.74, 6) is -0.876. The lowest BCUT2D eigenvalue weighted by Gasteiger charge is -2.30. The zero-order valence-electron chi connectivity index (χ0n) is 20.3. The number of morpholine rings is 1. The second-order valence-electron chi connectivity index (χ2n) is 9.04. The van der Waals surface area contributed by atoms with Crippen molar-refractivity contribution in [3.63, 3.8) is 0 Å². The molecule has 0 atom stereocenters. The molecular weight excluding hydrogens is 476 g/mol. The van der Waals surface area contributed by atoms with Crippen molar-refractivity contribution >= 4 is 57.2 Å². The minimum Gasteiger partial charge on any atom is -0.378 e. The maximum Gasteiger partial charge on any atom is 0.294 e. The number of benzene rings is 2. The third kappa shape index (κ3) is 4.76. The molecule has 3 amide bonds. The lowest BCUT2D eigenvalue weighted by molar-refractivity contribution is -0.127. The Labute approximate surface area is 213 Å². The highest BCUT2D eigenvalue weighted by Gasteiger charge is 2.36. The van der Waals surface area contributed by atoms with Crippen LogP contribution < -0.4 is 10.2 Å². The molecule has 186 valence electrons. The van der Waals surface area contributed by atoms with Crippen molar-refractivity contribution < 1.29 is 19.1 Å². The van der Waals surface area contributed by atoms with Crippen molar-refractivity contribution in [1.82, 2.24) is 9.47 Å². The maximum absolute atomic E-state index is 13.1. The molecule has 5 rings (SSSR count). The molecule has 0 unspecified atom stereocenters. The van der Waals surface area contributed by atoms with E-state index in [2.05, 4.69) is 28.6 Å². The molecule has 2 aromatic carbocycles. The number of nitrogens with zero attached hydrogens (tertiary/aromatic N) is 3. The van der Waals surface area contributed by atoms with Gasteiger partial charge in [0, 0.05) is 41.8 Å². The van der Waals surface area contributed by atoms with Gasteiger partial charge in [0.1, 0.15) is 6.54 Å². The van der Waals surface area contributed by atoms with Crippen LogP contribution in [-0.4, -0.2) is 59.4 Å². The molecule has 1 N–H and O–H groups in total. The number of thioether (sulfide) groups is 1. The summed E-state index contributed by atoms with van der Waals surface area (Å²) in [6, 6.07) is 15.7. The molecule has 0 saturated carbocycles. The van der Waals surface area contributed by atoms with Gasteiger partial charge in [-0.3, -0.25) is 19.3 Å². The van der Waals surface area contributed by atoms with Crippen molar-refractivity contribution in [2.24, 2.45) is 0 Å². The van der Waals surface area contributed by atoms with E-state index in [4.69, 9.17) is 4.74 Å². The third-order valence-corrected chi connectivity index (χ3v) is 7.23. The van der Waals surface area contributed by atoms with Crippen molar-refractivity contribution in [1.29, 1.82) is 0 Å². The number of hydrogen-bond acceptors (Lipinski definition) is 6. The van der Waals surface area contributed by atoms with E-state index >= 15 is 0 Å². The molecule has 9 heteroatoms. The van der Waals surface area contributed by atoms with Crippen LogP contribution >= 0.6 is 11.8 Å². The number of aromatic nitrogens is 1. The van der Waals surface area contributed by atoms with Crippen LogP contribution in [0.3, 0.4) is 0 Å². The highest BCUT2D eigenvalue weighted by Crippen LogP contribution is 2.35. The summed E-state index contributed by atoms with van der Waals surface area (Å²) in [4.78, 5) is 42.1. The number of rotatable bonds is 6. The fourth-order valence-electron chi connectivity index (χ4n) is 4.54. The molecule has 2 aliphatic rings. The average molecular weight is 505 g/mol. The molecule has 2 fully saturated rings. The fraction of sp³-hybridized carbons (Fsp3) is 0.296. The molecule has 0 radical (unpaired) electrons. The number of ether oxygens (including phenoxy) is 1. The second-order valence-corrected chi connectivity index (χ2v) is 10.0. The van der Waals surface area contributed by atoms with Gasteiger partial charge >= 0.3 is 0 Å². The molecule has 0 spiro atoms. The van der Waals surface area contributed by atoms with Gasteiger partial charge in [0.2, 0.25) is 5.91 Å². The molecule has 8 nitrogen and oxygen atoms in total. The summed E-state index contributed by atoms with van der Waals surface area (Å²) >= 11 is 0.864. The van der Waals surface area contributed by atoms with Gasteiger partial charge in [-0.05, 0) is 49.9 Å². The Hall–Kier alpha value is -3.56. The molecule has 3 heterocycles. The quantitative estimate of drug-likeness (QED) is 0.489. The number of anilines is 2. The molecule has 3 aromatic rings. The van der Waals surface area contributed by atoms with Gasteiger partial charge < -0.3 is 19.5 Å². The van der Waals surface area contributed by atoms with Crippen molar-refractivity contribution in [3.05, 3.63) is 65.2 Å². The predicted octanol–water partition coefficient (Wildman–Crippen LogP) is 4.73. The first-order valence-electron chi connectivity index (χ1n) is 12.0. The maximum atomic E-state index is 13.1. The van der Waals surface area contributed by atoms with Crippen LogP contribution in [0.25, 0.3) is 17.0 Å². The van der Waals surface area contributed by atoms with E-state index in [0.717, 1.165) is 51.9 Å². The van der Waals surface area contributed by atoms with Gasteiger partial charge in [0.25, 0.3) is 11.1 Å². The van der Waals surface area contributed by atoms with Crippen LogP contribution in [0.4, 0.5) is 16.2 Å². The van der Waals surface area contributed by atoms with E-state index in [0.29, 0.717) is 23.8 Å². The van der Waals surface area contributed by atoms with Crippen LogP contribution in [0, 0.1) is 0 Å². The Kier molecular flexibility index (Phi) is 6.84. The topological polar surface area (TPSA) is 83.9 Å². The molecule has 2 saturated heterocycles. The van der Waals surface area contributed by atoms with Crippen LogP contribution in [0.1, 0.15) is 25.5 Å². The molecule has 1 aromatic heterocycles. The Balaban J connectivity index is 1.33. The lowest BCUT2D eigenvalue weighted by atomic mass is 10.1. The largest absolute Gasteiger partial charge is 0.378 e. The number of amides is 3. The predicted molar refractivity (Wildman–Crippen MR) is 143 cm³/mol. The summed E-state index contributed by atoms with van der Waals surface area (Å²) in [6.07, 6.45) is 3.75. The average Bonchev–Trinajstić information content (AvgIpc) is 3.38. The number of imide groups is 1. The normalized spacial score (nSPS) is 17.6. The van der Waals surface area contributed by atoms with Gasteiger partial charge in [-0.15, -0.1) is 0 Å². The highest BCUT2D eigenvalue weighted by molar-refractivity contribution is 8.18. The van der Waals surface area contributed by atoms with Crippen LogP contribution in [-0.2, 0) is 14.3 Å². The minimum atomic E-state index is -0.456. The first-order chi connectivity index (χ1) is 17.4. The van der Waals surface area contributed by atoms with E-state index in [1.54, 1.807) is 6.08 Å². The molecular formula is C27H28N4O4S. The number of hydrogen-bond donors (Lipinski definition) is 1. The Morgan fingerprint density at radius 1 is 1.08 bits per heavy atom. The number of carbonyl (C=O) groups is 3. The molecule has 0 bridgehead atoms. The zero-order chi connectivity index (χ0) is 25.2. The molecule has 2 aliphatic heterocycles. The van der Waals surface area contributed by atoms with Gasteiger partial charge in [-0.25, -0.2) is 0 Å². The summed E-state index contributed by atoms with van der Waals surface area (Å²) in [5, 5.41) is 3.44. The van der Waals surface area contributed by atoms with Crippen molar-refractivity contribution in [3.8, 4) is 0 Å². The highest BCUT2D eigenvalue weighted by atomic mass is 32.2. The summed E-state index contributed by atoms with van der Waals surface area (Å²) < 4.78 is 7.57. The first-order valence-corrected chi connectivity index (χ1v) is 12.8. The van der Waals surface area contributed by atoms with Gasteiger partial charge in [0.05, 0.1) is 29.5 Å². The fourth-order valence-corrected chi connectivity index (χ4v) is 5.37. The summed E-state index contributed by atoms with van der Waals surface area (Å²) in [7, 11) is 0. The molecule has 0 aliphatic carbocycles. The molecule has 36 heavy (non-hydrogen) atoms. The third-order valence-electron chi connectivity index (χ3n) is 6.32. The first kappa shape index (κ1) is 24.1. The van der Waals surface area contributed by atoms with Gasteiger partial charge in [-0.1, -0.05) is 30.3 Å². The van der Waals surface area contributed by atoms with Crippen LogP contribution in [0.2, 0.25) is 0 Å². The summed E-state index contributed by atoms with van der Waals surface area (Å²) in [5.41, 5.74) is 3.48. The number of carbonyl (C=O) groups excluding carboxylic acids is 3. The van der Waals surface area contributed by atoms with Crippen LogP contribution in [0.15, 0.2) is 59.6 Å². The van der Waals surface area contributed by atoms with Gasteiger partial charge in [-0.2, -0.15) is 0 Å². The minimum absolute atomic E-state index is 0.246. The number of fused-ring (bicyclic) bond motifs is 1. The number of nitrogens with one attached hydrogen (secondary N) is 1. The van der Waals surface area contributed by atoms with Crippen LogP contribution in [0.5, 0.6) is 0 Å². The Morgan fingerprint density at radius 2 is 1.81 bits per heavy atom. The standard InChI is InChI=1S/C27H28N4O4S/c1-18(2)30-16-19(20-7-3-5-9-22(20)30)15-24-26(33)31(27(34)36-24)17-25(32)28-21-8-4-6-10-23(21)29-11-13-35-14-12-29/h3-10,15-16,18H,11-14,17H2,1-2H3,(H,28,32)/b24-15+. The Bertz CT molecular complexity index is 1360. The van der Waals surface area contributed by atoms with E-state index in [1.165, 1.54) is 0 Å². The monoisotopic (exact) mass is 504 g/mol. The Morgan fingerprint density at radius 3 is 2.58 bits per heavy atom. The smallest absolute Gasteiger partial charge is 0.294 e. The second kappa shape index (κ2) is 10.2.